The van der Waals surface area contributed by atoms with Crippen LogP contribution in [-0.4, -0.2) is 45.3 Å². The number of carbonyl (C=O) groups is 2. The van der Waals surface area contributed by atoms with Gasteiger partial charge in [-0.05, 0) is 48.0 Å². The molecule has 182 valence electrons. The van der Waals surface area contributed by atoms with Crippen molar-refractivity contribution in [3.8, 4) is 11.1 Å². The molecule has 3 aromatic carbocycles. The number of morpholine rings is 1. The molecule has 1 aromatic heterocycles. The molecule has 1 amide bonds. The molecule has 8 nitrogen and oxygen atoms in total. The predicted octanol–water partition coefficient (Wildman–Crippen LogP) is 4.34. The zero-order valence-corrected chi connectivity index (χ0v) is 19.7. The number of para-hydroxylation sites is 1. The Kier molecular flexibility index (Phi) is 6.51. The van der Waals surface area contributed by atoms with Crippen LogP contribution < -0.4 is 15.8 Å². The van der Waals surface area contributed by atoms with Gasteiger partial charge in [0.05, 0.1) is 37.1 Å². The first-order valence-corrected chi connectivity index (χ1v) is 11.5. The van der Waals surface area contributed by atoms with Crippen LogP contribution in [-0.2, 0) is 9.47 Å². The normalized spacial score (nSPS) is 13.4. The van der Waals surface area contributed by atoms with E-state index in [9.17, 15) is 14.4 Å². The molecule has 36 heavy (non-hydrogen) atoms. The summed E-state index contributed by atoms with van der Waals surface area (Å²) in [6.07, 6.45) is 0. The van der Waals surface area contributed by atoms with Gasteiger partial charge in [-0.15, -0.1) is 0 Å². The maximum absolute atomic E-state index is 12.9. The lowest BCUT2D eigenvalue weighted by atomic mass is 10.0. The highest BCUT2D eigenvalue weighted by Gasteiger charge is 2.20. The Morgan fingerprint density at radius 3 is 2.44 bits per heavy atom. The number of anilines is 2. The lowest BCUT2D eigenvalue weighted by Gasteiger charge is -2.30. The van der Waals surface area contributed by atoms with E-state index in [1.807, 2.05) is 18.2 Å². The Balaban J connectivity index is 1.37. The van der Waals surface area contributed by atoms with Gasteiger partial charge in [0.15, 0.2) is 0 Å². The predicted molar refractivity (Wildman–Crippen MR) is 137 cm³/mol. The standard InChI is InChI=1S/C28H24N2O6/c1-34-27(32)23-17-21(10-11-24(23)30-12-14-35-15-13-30)29-26(31)19-8-6-18(7-9-19)22-16-20-4-2-3-5-25(20)36-28(22)33/h2-11,16-17H,12-15H2,1H3,(H,29,31). The van der Waals surface area contributed by atoms with Crippen LogP contribution in [0.3, 0.4) is 0 Å². The van der Waals surface area contributed by atoms with Crippen LogP contribution >= 0.6 is 0 Å². The Labute approximate surface area is 207 Å². The molecule has 8 heteroatoms. The molecule has 1 saturated heterocycles. The van der Waals surface area contributed by atoms with Gasteiger partial charge in [-0.25, -0.2) is 9.59 Å². The molecule has 1 N–H and O–H groups in total. The average Bonchev–Trinajstić information content (AvgIpc) is 2.92. The van der Waals surface area contributed by atoms with Gasteiger partial charge < -0.3 is 24.1 Å². The van der Waals surface area contributed by atoms with Crippen molar-refractivity contribution in [2.75, 3.05) is 43.6 Å². The highest BCUT2D eigenvalue weighted by Crippen LogP contribution is 2.27. The number of ether oxygens (including phenoxy) is 2. The van der Waals surface area contributed by atoms with Gasteiger partial charge in [0.1, 0.15) is 5.58 Å². The lowest BCUT2D eigenvalue weighted by molar-refractivity contribution is 0.0600. The molecule has 1 fully saturated rings. The topological polar surface area (TPSA) is 98.1 Å². The van der Waals surface area contributed by atoms with Crippen LogP contribution in [0.1, 0.15) is 20.7 Å². The van der Waals surface area contributed by atoms with Gasteiger partial charge >= 0.3 is 11.6 Å². The number of hydrogen-bond donors (Lipinski definition) is 1. The van der Waals surface area contributed by atoms with E-state index in [0.29, 0.717) is 59.8 Å². The summed E-state index contributed by atoms with van der Waals surface area (Å²) in [6.45, 7) is 2.49. The van der Waals surface area contributed by atoms with Crippen LogP contribution in [0.2, 0.25) is 0 Å². The fraction of sp³-hybridized carbons (Fsp3) is 0.179. The number of nitrogens with one attached hydrogen (secondary N) is 1. The maximum atomic E-state index is 12.9. The molecule has 1 aliphatic rings. The van der Waals surface area contributed by atoms with Crippen molar-refractivity contribution < 1.29 is 23.5 Å². The largest absolute Gasteiger partial charge is 0.465 e. The average molecular weight is 485 g/mol. The van der Waals surface area contributed by atoms with E-state index in [4.69, 9.17) is 13.9 Å². The van der Waals surface area contributed by atoms with E-state index < -0.39 is 11.6 Å². The fourth-order valence-electron chi connectivity index (χ4n) is 4.23. The molecule has 2 heterocycles. The summed E-state index contributed by atoms with van der Waals surface area (Å²) in [6, 6.07) is 20.9. The summed E-state index contributed by atoms with van der Waals surface area (Å²) < 4.78 is 15.8. The summed E-state index contributed by atoms with van der Waals surface area (Å²) in [7, 11) is 1.33. The Bertz CT molecular complexity index is 1490. The highest BCUT2D eigenvalue weighted by molar-refractivity contribution is 6.06. The second-order valence-electron chi connectivity index (χ2n) is 8.34. The summed E-state index contributed by atoms with van der Waals surface area (Å²) >= 11 is 0. The van der Waals surface area contributed by atoms with Crippen molar-refractivity contribution in [2.45, 2.75) is 0 Å². The molecule has 0 atom stereocenters. The van der Waals surface area contributed by atoms with Gasteiger partial charge in [0.2, 0.25) is 0 Å². The van der Waals surface area contributed by atoms with E-state index in [2.05, 4.69) is 10.2 Å². The van der Waals surface area contributed by atoms with Gasteiger partial charge in [0, 0.05) is 29.7 Å². The number of carbonyl (C=O) groups excluding carboxylic acids is 2. The van der Waals surface area contributed by atoms with Crippen molar-refractivity contribution >= 4 is 34.2 Å². The fourth-order valence-corrected chi connectivity index (χ4v) is 4.23. The molecule has 0 bridgehead atoms. The number of hydrogen-bond acceptors (Lipinski definition) is 7. The molecular weight excluding hydrogens is 460 g/mol. The first kappa shape index (κ1) is 23.3. The number of nitrogens with zero attached hydrogens (tertiary/aromatic N) is 1. The Hall–Kier alpha value is -4.43. The van der Waals surface area contributed by atoms with Crippen molar-refractivity contribution in [1.82, 2.24) is 0 Å². The summed E-state index contributed by atoms with van der Waals surface area (Å²) in [4.78, 5) is 39.9. The third kappa shape index (κ3) is 4.71. The molecule has 0 spiro atoms. The van der Waals surface area contributed by atoms with Gasteiger partial charge in [0.25, 0.3) is 5.91 Å². The number of benzene rings is 3. The number of fused-ring (bicyclic) bond motifs is 1. The second-order valence-corrected chi connectivity index (χ2v) is 8.34. The number of esters is 1. The third-order valence-corrected chi connectivity index (χ3v) is 6.11. The van der Waals surface area contributed by atoms with Gasteiger partial charge in [-0.2, -0.15) is 0 Å². The molecule has 1 aliphatic heterocycles. The highest BCUT2D eigenvalue weighted by atomic mass is 16.5. The number of methoxy groups -OCH3 is 1. The van der Waals surface area contributed by atoms with E-state index in [0.717, 1.165) is 11.1 Å². The molecule has 0 unspecified atom stereocenters. The minimum absolute atomic E-state index is 0.345. The SMILES string of the molecule is COC(=O)c1cc(NC(=O)c2ccc(-c3cc4ccccc4oc3=O)cc2)ccc1N1CCOCC1. The molecule has 0 saturated carbocycles. The van der Waals surface area contributed by atoms with Gasteiger partial charge in [-0.3, -0.25) is 4.79 Å². The zero-order chi connectivity index (χ0) is 25.1. The molecule has 0 radical (unpaired) electrons. The minimum atomic E-state index is -0.480. The summed E-state index contributed by atoms with van der Waals surface area (Å²) in [5.74, 6) is -0.826. The Morgan fingerprint density at radius 2 is 1.69 bits per heavy atom. The minimum Gasteiger partial charge on any atom is -0.465 e. The quantitative estimate of drug-likeness (QED) is 0.332. The van der Waals surface area contributed by atoms with Crippen LogP contribution in [0.15, 0.2) is 82.0 Å². The first-order chi connectivity index (χ1) is 17.5. The van der Waals surface area contributed by atoms with E-state index in [1.54, 1.807) is 54.6 Å². The van der Waals surface area contributed by atoms with E-state index in [-0.39, 0.29) is 5.91 Å². The summed E-state index contributed by atoms with van der Waals surface area (Å²) in [5.41, 5.74) is 3.13. The van der Waals surface area contributed by atoms with Crippen LogP contribution in [0.4, 0.5) is 11.4 Å². The molecule has 5 rings (SSSR count). The van der Waals surface area contributed by atoms with Crippen LogP contribution in [0.5, 0.6) is 0 Å². The van der Waals surface area contributed by atoms with Crippen LogP contribution in [0, 0.1) is 0 Å². The zero-order valence-electron chi connectivity index (χ0n) is 19.7. The Morgan fingerprint density at radius 1 is 0.944 bits per heavy atom. The van der Waals surface area contributed by atoms with Crippen molar-refractivity contribution in [1.29, 1.82) is 0 Å². The van der Waals surface area contributed by atoms with Crippen LogP contribution in [0.25, 0.3) is 22.1 Å². The van der Waals surface area contributed by atoms with E-state index in [1.165, 1.54) is 7.11 Å². The smallest absolute Gasteiger partial charge is 0.344 e. The third-order valence-electron chi connectivity index (χ3n) is 6.11. The molecular formula is C28H24N2O6. The molecule has 0 aliphatic carbocycles. The van der Waals surface area contributed by atoms with Crippen molar-refractivity contribution in [3.63, 3.8) is 0 Å². The van der Waals surface area contributed by atoms with Gasteiger partial charge in [-0.1, -0.05) is 30.3 Å². The van der Waals surface area contributed by atoms with E-state index >= 15 is 0 Å². The first-order valence-electron chi connectivity index (χ1n) is 11.5. The monoisotopic (exact) mass is 484 g/mol. The lowest BCUT2D eigenvalue weighted by Crippen LogP contribution is -2.37. The van der Waals surface area contributed by atoms with Crippen molar-refractivity contribution in [2.24, 2.45) is 0 Å². The molecule has 4 aromatic rings. The summed E-state index contributed by atoms with van der Waals surface area (Å²) in [5, 5.41) is 3.65. The second kappa shape index (κ2) is 10.1. The number of amides is 1. The number of rotatable bonds is 5. The van der Waals surface area contributed by atoms with Crippen molar-refractivity contribution in [3.05, 3.63) is 94.3 Å². The maximum Gasteiger partial charge on any atom is 0.344 e.